The second-order valence-electron chi connectivity index (χ2n) is 8.53. The molecule has 1 heterocycles. The second kappa shape index (κ2) is 10.3. The summed E-state index contributed by atoms with van der Waals surface area (Å²) in [5.74, 6) is -6.66. The van der Waals surface area contributed by atoms with E-state index in [2.05, 4.69) is 5.32 Å². The van der Waals surface area contributed by atoms with Gasteiger partial charge in [0.15, 0.2) is 0 Å². The molecule has 7 nitrogen and oxygen atoms in total. The average molecular weight is 518 g/mol. The normalized spacial score (nSPS) is 29.7. The van der Waals surface area contributed by atoms with E-state index in [1.807, 2.05) is 0 Å². The van der Waals surface area contributed by atoms with E-state index >= 15 is 0 Å². The zero-order valence-electron chi connectivity index (χ0n) is 18.4. The number of halogens is 7. The van der Waals surface area contributed by atoms with Gasteiger partial charge in [-0.1, -0.05) is 18.2 Å². The van der Waals surface area contributed by atoms with Crippen LogP contribution in [0.15, 0.2) is 24.3 Å². The fourth-order valence-corrected chi connectivity index (χ4v) is 4.97. The van der Waals surface area contributed by atoms with Crippen molar-refractivity contribution in [2.45, 2.75) is 43.7 Å². The van der Waals surface area contributed by atoms with Gasteiger partial charge in [0, 0.05) is 18.5 Å². The number of carbonyl (C=O) groups is 2. The molecule has 1 aromatic rings. The SMILES string of the molecule is CC1(C(=O)O)C(CF)NC(COCCN)C(CC(F)(F)F)(C(=O)O)C1c1ccccc1C(F)(F)F. The van der Waals surface area contributed by atoms with Crippen molar-refractivity contribution < 1.29 is 55.3 Å². The molecule has 198 valence electrons. The van der Waals surface area contributed by atoms with Crippen LogP contribution in [0.25, 0.3) is 0 Å². The van der Waals surface area contributed by atoms with Crippen LogP contribution >= 0.6 is 0 Å². The fourth-order valence-electron chi connectivity index (χ4n) is 4.97. The van der Waals surface area contributed by atoms with Crippen molar-refractivity contribution in [2.24, 2.45) is 16.6 Å². The van der Waals surface area contributed by atoms with Crippen molar-refractivity contribution in [2.75, 3.05) is 26.4 Å². The van der Waals surface area contributed by atoms with Gasteiger partial charge in [-0.3, -0.25) is 9.59 Å². The highest BCUT2D eigenvalue weighted by atomic mass is 19.4. The summed E-state index contributed by atoms with van der Waals surface area (Å²) in [6.45, 7) is -1.96. The predicted molar refractivity (Wildman–Crippen MR) is 107 cm³/mol. The van der Waals surface area contributed by atoms with E-state index in [1.165, 1.54) is 0 Å². The molecule has 2 rings (SSSR count). The lowest BCUT2D eigenvalue weighted by Crippen LogP contribution is -2.72. The Hall–Kier alpha value is -2.45. The Kier molecular flexibility index (Phi) is 8.44. The minimum absolute atomic E-state index is 0.119. The molecule has 5 N–H and O–H groups in total. The van der Waals surface area contributed by atoms with Gasteiger partial charge < -0.3 is 26.0 Å². The van der Waals surface area contributed by atoms with E-state index in [1.54, 1.807) is 0 Å². The smallest absolute Gasteiger partial charge is 0.416 e. The number of carboxylic acids is 2. The summed E-state index contributed by atoms with van der Waals surface area (Å²) in [5.41, 5.74) is -3.21. The molecule has 1 aliphatic heterocycles. The van der Waals surface area contributed by atoms with Crippen molar-refractivity contribution in [1.82, 2.24) is 5.32 Å². The Morgan fingerprint density at radius 3 is 2.14 bits per heavy atom. The maximum absolute atomic E-state index is 14.1. The molecular weight excluding hydrogens is 493 g/mol. The van der Waals surface area contributed by atoms with E-state index in [4.69, 9.17) is 10.5 Å². The predicted octanol–water partition coefficient (Wildman–Crippen LogP) is 3.19. The number of rotatable bonds is 9. The van der Waals surface area contributed by atoms with Gasteiger partial charge >= 0.3 is 24.3 Å². The maximum atomic E-state index is 14.1. The monoisotopic (exact) mass is 518 g/mol. The van der Waals surface area contributed by atoms with E-state index in [0.717, 1.165) is 25.1 Å². The molecule has 0 spiro atoms. The summed E-state index contributed by atoms with van der Waals surface area (Å²) in [7, 11) is 0. The first kappa shape index (κ1) is 28.8. The Morgan fingerprint density at radius 1 is 1.09 bits per heavy atom. The highest BCUT2D eigenvalue weighted by Gasteiger charge is 2.70. The summed E-state index contributed by atoms with van der Waals surface area (Å²) in [4.78, 5) is 25.1. The van der Waals surface area contributed by atoms with Gasteiger partial charge in [-0.25, -0.2) is 4.39 Å². The van der Waals surface area contributed by atoms with Crippen LogP contribution < -0.4 is 11.1 Å². The molecule has 0 aromatic heterocycles. The van der Waals surface area contributed by atoms with Crippen molar-refractivity contribution in [1.29, 1.82) is 0 Å². The first-order chi connectivity index (χ1) is 16.1. The number of nitrogens with one attached hydrogen (secondary N) is 1. The Bertz CT molecular complexity index is 926. The maximum Gasteiger partial charge on any atom is 0.416 e. The number of hydrogen-bond acceptors (Lipinski definition) is 5. The molecule has 35 heavy (non-hydrogen) atoms. The zero-order valence-corrected chi connectivity index (χ0v) is 18.4. The lowest BCUT2D eigenvalue weighted by atomic mass is 9.50. The summed E-state index contributed by atoms with van der Waals surface area (Å²) in [6.07, 6.45) is -12.7. The second-order valence-corrected chi connectivity index (χ2v) is 8.53. The number of ether oxygens (including phenoxy) is 1. The van der Waals surface area contributed by atoms with Gasteiger partial charge in [0.2, 0.25) is 0 Å². The van der Waals surface area contributed by atoms with Gasteiger partial charge in [-0.05, 0) is 18.6 Å². The number of alkyl halides is 7. The lowest BCUT2D eigenvalue weighted by molar-refractivity contribution is -0.207. The van der Waals surface area contributed by atoms with Gasteiger partial charge in [-0.15, -0.1) is 0 Å². The van der Waals surface area contributed by atoms with Crippen molar-refractivity contribution in [3.8, 4) is 0 Å². The molecule has 0 saturated carbocycles. The van der Waals surface area contributed by atoms with Gasteiger partial charge in [-0.2, -0.15) is 26.3 Å². The number of piperidine rings is 1. The van der Waals surface area contributed by atoms with E-state index in [9.17, 15) is 50.5 Å². The third kappa shape index (κ3) is 5.38. The molecule has 1 aliphatic rings. The molecule has 5 atom stereocenters. The largest absolute Gasteiger partial charge is 0.481 e. The van der Waals surface area contributed by atoms with Crippen LogP contribution in [0.2, 0.25) is 0 Å². The minimum Gasteiger partial charge on any atom is -0.481 e. The third-order valence-corrected chi connectivity index (χ3v) is 6.49. The molecular formula is C21H25F7N2O5. The van der Waals surface area contributed by atoms with Crippen LogP contribution in [0, 0.1) is 10.8 Å². The Balaban J connectivity index is 3.02. The van der Waals surface area contributed by atoms with Crippen molar-refractivity contribution in [3.63, 3.8) is 0 Å². The van der Waals surface area contributed by atoms with Crippen LogP contribution in [0.1, 0.15) is 30.4 Å². The van der Waals surface area contributed by atoms with Crippen LogP contribution in [0.4, 0.5) is 30.7 Å². The standard InChI is InChI=1S/C21H25F7N2O5/c1-18(16(31)32)13(8-22)30-14(9-35-7-6-29)19(17(33)34,10-20(23,24)25)15(18)11-4-2-3-5-12(11)21(26,27)28/h2-5,13-15,30H,6-10,29H2,1H3,(H,31,32)(H,33,34). The number of benzene rings is 1. The molecule has 0 aliphatic carbocycles. The number of nitrogens with two attached hydrogens (primary N) is 1. The van der Waals surface area contributed by atoms with Gasteiger partial charge in [0.25, 0.3) is 0 Å². The topological polar surface area (TPSA) is 122 Å². The quantitative estimate of drug-likeness (QED) is 0.293. The summed E-state index contributed by atoms with van der Waals surface area (Å²) in [5, 5.41) is 22.5. The Morgan fingerprint density at radius 2 is 1.69 bits per heavy atom. The van der Waals surface area contributed by atoms with Crippen molar-refractivity contribution in [3.05, 3.63) is 35.4 Å². The first-order valence-corrected chi connectivity index (χ1v) is 10.4. The summed E-state index contributed by atoms with van der Waals surface area (Å²) < 4.78 is 103. The van der Waals surface area contributed by atoms with E-state index < -0.39 is 84.0 Å². The molecule has 14 heteroatoms. The molecule has 1 fully saturated rings. The van der Waals surface area contributed by atoms with Crippen LogP contribution in [0.3, 0.4) is 0 Å². The fraction of sp³-hybridized carbons (Fsp3) is 0.619. The van der Waals surface area contributed by atoms with E-state index in [-0.39, 0.29) is 13.2 Å². The van der Waals surface area contributed by atoms with Gasteiger partial charge in [0.1, 0.15) is 12.1 Å². The molecule has 0 amide bonds. The zero-order chi connectivity index (χ0) is 26.8. The third-order valence-electron chi connectivity index (χ3n) is 6.49. The lowest BCUT2D eigenvalue weighted by Gasteiger charge is -2.57. The first-order valence-electron chi connectivity index (χ1n) is 10.4. The van der Waals surface area contributed by atoms with Crippen LogP contribution in [-0.4, -0.2) is 66.8 Å². The summed E-state index contributed by atoms with van der Waals surface area (Å²) in [6, 6.07) is -0.608. The van der Waals surface area contributed by atoms with Crippen LogP contribution in [-0.2, 0) is 20.5 Å². The molecule has 1 saturated heterocycles. The average Bonchev–Trinajstić information content (AvgIpc) is 2.73. The summed E-state index contributed by atoms with van der Waals surface area (Å²) >= 11 is 0. The van der Waals surface area contributed by atoms with Crippen molar-refractivity contribution >= 4 is 11.9 Å². The molecule has 5 unspecified atom stereocenters. The number of aliphatic carboxylic acids is 2. The Labute approximate surface area is 195 Å². The number of hydrogen-bond donors (Lipinski definition) is 4. The molecule has 0 bridgehead atoms. The highest BCUT2D eigenvalue weighted by Crippen LogP contribution is 2.60. The highest BCUT2D eigenvalue weighted by molar-refractivity contribution is 5.84. The number of carboxylic acid groups (broad SMARTS) is 2. The van der Waals surface area contributed by atoms with Gasteiger partial charge in [0.05, 0.1) is 36.7 Å². The van der Waals surface area contributed by atoms with E-state index in [0.29, 0.717) is 6.07 Å². The molecule has 1 aromatic carbocycles. The molecule has 0 radical (unpaired) electrons. The minimum atomic E-state index is -5.26. The van der Waals surface area contributed by atoms with Crippen LogP contribution in [0.5, 0.6) is 0 Å².